The molecule has 0 fully saturated rings. The quantitative estimate of drug-likeness (QED) is 0.0392. The van der Waals surface area contributed by atoms with Gasteiger partial charge in [0.1, 0.15) is 19.8 Å². The molecule has 1 aliphatic rings. The van der Waals surface area contributed by atoms with Crippen LogP contribution >= 0.6 is 0 Å². The number of amides is 1. The van der Waals surface area contributed by atoms with E-state index in [9.17, 15) is 14.9 Å². The van der Waals surface area contributed by atoms with E-state index in [-0.39, 0.29) is 18.4 Å². The van der Waals surface area contributed by atoms with Crippen LogP contribution in [0.1, 0.15) is 78.8 Å². The maximum atomic E-state index is 13.3. The van der Waals surface area contributed by atoms with Gasteiger partial charge in [-0.1, -0.05) is 129 Å². The summed E-state index contributed by atoms with van der Waals surface area (Å²) in [7, 11) is 0. The largest absolute Gasteiger partial charge is 0.485 e. The van der Waals surface area contributed by atoms with Crippen molar-refractivity contribution in [3.63, 3.8) is 0 Å². The van der Waals surface area contributed by atoms with Crippen molar-refractivity contribution in [2.45, 2.75) is 90.6 Å². The summed E-state index contributed by atoms with van der Waals surface area (Å²) < 4.78 is 18.7. The maximum absolute atomic E-state index is 13.3. The summed E-state index contributed by atoms with van der Waals surface area (Å²) >= 11 is 0. The van der Waals surface area contributed by atoms with E-state index in [0.29, 0.717) is 38.8 Å². The lowest BCUT2D eigenvalue weighted by Crippen LogP contribution is -2.40. The Morgan fingerprint density at radius 3 is 1.90 bits per heavy atom. The Bertz CT molecular complexity index is 1990. The second kappa shape index (κ2) is 22.3. The zero-order chi connectivity index (χ0) is 40.4. The van der Waals surface area contributed by atoms with Gasteiger partial charge in [0, 0.05) is 36.8 Å². The average Bonchev–Trinajstić information content (AvgIpc) is 3.27. The highest BCUT2D eigenvalue weighted by Gasteiger charge is 2.28. The molecule has 0 saturated carbocycles. The molecule has 304 valence electrons. The Balaban J connectivity index is 1.02. The van der Waals surface area contributed by atoms with E-state index < -0.39 is 4.92 Å². The maximum Gasteiger partial charge on any atom is 0.410 e. The van der Waals surface area contributed by atoms with E-state index in [4.69, 9.17) is 14.2 Å². The first-order valence-electron chi connectivity index (χ1n) is 20.9. The van der Waals surface area contributed by atoms with Crippen LogP contribution in [-0.2, 0) is 43.8 Å². The highest BCUT2D eigenvalue weighted by atomic mass is 16.6. The molecule has 0 aromatic heterocycles. The summed E-state index contributed by atoms with van der Waals surface area (Å²) in [5.74, 6) is 1.68. The molecule has 0 bridgehead atoms. The Morgan fingerprint density at radius 1 is 0.672 bits per heavy atom. The molecule has 9 nitrogen and oxygen atoms in total. The van der Waals surface area contributed by atoms with Gasteiger partial charge in [-0.3, -0.25) is 10.1 Å². The first kappa shape index (κ1) is 41.9. The van der Waals surface area contributed by atoms with Crippen LogP contribution in [0.2, 0.25) is 0 Å². The molecule has 1 atom stereocenters. The molecule has 0 N–H and O–H groups in total. The average molecular weight is 784 g/mol. The molecule has 58 heavy (non-hydrogen) atoms. The van der Waals surface area contributed by atoms with Crippen LogP contribution in [0.4, 0.5) is 10.5 Å². The van der Waals surface area contributed by atoms with Crippen molar-refractivity contribution in [1.82, 2.24) is 9.80 Å². The Labute approximate surface area is 343 Å². The third-order valence-corrected chi connectivity index (χ3v) is 10.9. The number of non-ortho nitro benzene ring substituents is 1. The van der Waals surface area contributed by atoms with Crippen molar-refractivity contribution >= 4 is 11.8 Å². The summed E-state index contributed by atoms with van der Waals surface area (Å²) in [6.07, 6.45) is 8.46. The van der Waals surface area contributed by atoms with Crippen LogP contribution in [0.3, 0.4) is 0 Å². The van der Waals surface area contributed by atoms with Crippen LogP contribution < -0.4 is 9.47 Å². The minimum atomic E-state index is -0.398. The lowest BCUT2D eigenvalue weighted by atomic mass is 9.86. The second-order valence-corrected chi connectivity index (χ2v) is 15.1. The number of carbonyl (C=O) groups is 1. The molecular weight excluding hydrogens is 727 g/mol. The molecule has 6 rings (SSSR count). The van der Waals surface area contributed by atoms with Gasteiger partial charge >= 0.3 is 6.09 Å². The normalized spacial score (nSPS) is 13.4. The Kier molecular flexibility index (Phi) is 16.1. The van der Waals surface area contributed by atoms with E-state index in [0.717, 1.165) is 98.2 Å². The number of ether oxygens (including phenoxy) is 3. The highest BCUT2D eigenvalue weighted by Crippen LogP contribution is 2.40. The molecule has 5 aromatic rings. The van der Waals surface area contributed by atoms with E-state index in [2.05, 4.69) is 48.2 Å². The summed E-state index contributed by atoms with van der Waals surface area (Å²) in [6, 6.07) is 41.6. The molecule has 0 saturated heterocycles. The van der Waals surface area contributed by atoms with Crippen molar-refractivity contribution in [2.24, 2.45) is 0 Å². The van der Waals surface area contributed by atoms with Gasteiger partial charge < -0.3 is 24.0 Å². The second-order valence-electron chi connectivity index (χ2n) is 15.1. The van der Waals surface area contributed by atoms with Crippen molar-refractivity contribution < 1.29 is 23.9 Å². The third kappa shape index (κ3) is 12.7. The van der Waals surface area contributed by atoms with Crippen molar-refractivity contribution in [3.8, 4) is 11.5 Å². The fourth-order valence-corrected chi connectivity index (χ4v) is 7.72. The monoisotopic (exact) mass is 783 g/mol. The number of hydrogen-bond acceptors (Lipinski definition) is 7. The number of hydrogen-bond donors (Lipinski definition) is 0. The van der Waals surface area contributed by atoms with Crippen LogP contribution in [0.25, 0.3) is 0 Å². The van der Waals surface area contributed by atoms with Gasteiger partial charge in [0.05, 0.1) is 4.92 Å². The molecule has 1 amide bonds. The topological polar surface area (TPSA) is 94.4 Å². The number of benzene rings is 5. The van der Waals surface area contributed by atoms with Gasteiger partial charge in [-0.2, -0.15) is 0 Å². The number of nitro benzene ring substituents is 1. The van der Waals surface area contributed by atoms with E-state index in [1.165, 1.54) is 23.3 Å². The minimum absolute atomic E-state index is 0.0609. The highest BCUT2D eigenvalue weighted by molar-refractivity contribution is 5.67. The standard InChI is InChI=1S/C49H57N3O6/c1-2-31-50(32-14-3-4-15-33-51(49(53)58-38-42-20-12-7-13-21-42)34-30-39-22-25-44(26-23-39)52(54)55)45-27-28-46-43(35-45)24-29-47(56-36-40-16-8-5-9-17-40)48(46)57-37-41-18-10-6-11-19-41/h5-13,16-26,29,45H,2-4,14-15,27-28,30-38H2,1H3/t45-/m0/s1. The Hall–Kier alpha value is -5.67. The van der Waals surface area contributed by atoms with Crippen molar-refractivity contribution in [1.29, 1.82) is 0 Å². The lowest BCUT2D eigenvalue weighted by molar-refractivity contribution is -0.384. The number of rotatable bonds is 22. The molecule has 0 aliphatic heterocycles. The number of carbonyl (C=O) groups excluding carboxylic acids is 1. The first-order valence-corrected chi connectivity index (χ1v) is 20.9. The first-order chi connectivity index (χ1) is 28.5. The van der Waals surface area contributed by atoms with Gasteiger partial charge in [-0.25, -0.2) is 4.79 Å². The molecule has 0 unspecified atom stereocenters. The molecule has 1 aliphatic carbocycles. The van der Waals surface area contributed by atoms with Crippen molar-refractivity contribution in [3.05, 3.63) is 171 Å². The van der Waals surface area contributed by atoms with Crippen LogP contribution in [-0.4, -0.2) is 53.0 Å². The molecule has 0 spiro atoms. The van der Waals surface area contributed by atoms with Crippen LogP contribution in [0, 0.1) is 10.1 Å². The Morgan fingerprint density at radius 2 is 1.28 bits per heavy atom. The van der Waals surface area contributed by atoms with E-state index in [1.54, 1.807) is 17.0 Å². The zero-order valence-corrected chi connectivity index (χ0v) is 33.8. The summed E-state index contributed by atoms with van der Waals surface area (Å²) in [6.45, 7) is 6.67. The van der Waals surface area contributed by atoms with E-state index >= 15 is 0 Å². The summed E-state index contributed by atoms with van der Waals surface area (Å²) in [5, 5.41) is 11.1. The fraction of sp³-hybridized carbons (Fsp3) is 0.367. The van der Waals surface area contributed by atoms with Gasteiger partial charge in [0.25, 0.3) is 5.69 Å². The molecule has 9 heteroatoms. The summed E-state index contributed by atoms with van der Waals surface area (Å²) in [5.41, 5.74) is 6.83. The third-order valence-electron chi connectivity index (χ3n) is 10.9. The number of fused-ring (bicyclic) bond motifs is 1. The number of nitro groups is 1. The van der Waals surface area contributed by atoms with Crippen LogP contribution in [0.15, 0.2) is 127 Å². The molecular formula is C49H57N3O6. The van der Waals surface area contributed by atoms with Gasteiger partial charge in [-0.15, -0.1) is 0 Å². The predicted octanol–water partition coefficient (Wildman–Crippen LogP) is 10.8. The molecule has 0 radical (unpaired) electrons. The fourth-order valence-electron chi connectivity index (χ4n) is 7.72. The SMILES string of the molecule is CCCN(CCCCCCN(CCc1ccc([N+](=O)[O-])cc1)C(=O)OCc1ccccc1)[C@H]1CCc2c(ccc(OCc3ccccc3)c2OCc2ccccc2)C1. The van der Waals surface area contributed by atoms with Gasteiger partial charge in [0.2, 0.25) is 0 Å². The number of nitrogens with zero attached hydrogens (tertiary/aromatic N) is 3. The molecule has 5 aromatic carbocycles. The van der Waals surface area contributed by atoms with E-state index in [1.807, 2.05) is 66.7 Å². The van der Waals surface area contributed by atoms with Crippen molar-refractivity contribution in [2.75, 3.05) is 26.2 Å². The van der Waals surface area contributed by atoms with Gasteiger partial charge in [0.15, 0.2) is 11.5 Å². The van der Waals surface area contributed by atoms with Crippen LogP contribution in [0.5, 0.6) is 11.5 Å². The lowest BCUT2D eigenvalue weighted by Gasteiger charge is -2.36. The zero-order valence-electron chi connectivity index (χ0n) is 33.8. The predicted molar refractivity (Wildman–Crippen MR) is 229 cm³/mol. The minimum Gasteiger partial charge on any atom is -0.485 e. The smallest absolute Gasteiger partial charge is 0.410 e. The van der Waals surface area contributed by atoms with Gasteiger partial charge in [-0.05, 0) is 91.9 Å². The summed E-state index contributed by atoms with van der Waals surface area (Å²) in [4.78, 5) is 28.4. The number of unbranched alkanes of at least 4 members (excludes halogenated alkanes) is 3. The molecule has 0 heterocycles.